The van der Waals surface area contributed by atoms with Crippen molar-refractivity contribution < 1.29 is 9.00 Å². The Kier molecular flexibility index (Phi) is 5.93. The number of hydrogen-bond donors (Lipinski definition) is 1. The van der Waals surface area contributed by atoms with Crippen LogP contribution in [0, 0.1) is 5.92 Å². The van der Waals surface area contributed by atoms with E-state index < -0.39 is 10.8 Å². The molecular formula is C16H25NO2S. The molecule has 1 atom stereocenters. The summed E-state index contributed by atoms with van der Waals surface area (Å²) in [6.45, 7) is 9.94. The molecule has 0 saturated heterocycles. The topological polar surface area (TPSA) is 46.2 Å². The summed E-state index contributed by atoms with van der Waals surface area (Å²) in [7, 11) is -0.931. The first-order valence-corrected chi connectivity index (χ1v) is 8.27. The molecule has 1 amide bonds. The largest absolute Gasteiger partial charge is 0.326 e. The lowest BCUT2D eigenvalue weighted by Gasteiger charge is -2.18. The van der Waals surface area contributed by atoms with E-state index in [2.05, 4.69) is 5.32 Å². The van der Waals surface area contributed by atoms with E-state index in [0.717, 1.165) is 11.3 Å². The van der Waals surface area contributed by atoms with E-state index >= 15 is 0 Å². The van der Waals surface area contributed by atoms with Gasteiger partial charge >= 0.3 is 0 Å². The third-order valence-electron chi connectivity index (χ3n) is 2.79. The molecule has 0 heterocycles. The minimum atomic E-state index is -0.931. The maximum atomic E-state index is 12.1. The molecule has 20 heavy (non-hydrogen) atoms. The Bertz CT molecular complexity index is 489. The van der Waals surface area contributed by atoms with Crippen molar-refractivity contribution in [3.05, 3.63) is 29.8 Å². The van der Waals surface area contributed by atoms with Gasteiger partial charge in [0.2, 0.25) is 5.91 Å². The standard InChI is InChI=1S/C16H25NO2S/c1-12(2)9-15(18)17-14-8-6-7-13(10-14)11-20(19)16(3,4)5/h6-8,10,12H,9,11H2,1-5H3,(H,17,18)/t20-/m0/s1. The second-order valence-corrected chi connectivity index (χ2v) is 8.65. The van der Waals surface area contributed by atoms with E-state index in [1.807, 2.05) is 58.9 Å². The van der Waals surface area contributed by atoms with Crippen molar-refractivity contribution >= 4 is 22.4 Å². The maximum absolute atomic E-state index is 12.1. The average Bonchev–Trinajstić information content (AvgIpc) is 2.26. The quantitative estimate of drug-likeness (QED) is 0.900. The van der Waals surface area contributed by atoms with Gasteiger partial charge in [-0.3, -0.25) is 9.00 Å². The van der Waals surface area contributed by atoms with E-state index in [4.69, 9.17) is 0 Å². The number of rotatable bonds is 5. The molecule has 0 saturated carbocycles. The molecular weight excluding hydrogens is 270 g/mol. The number of anilines is 1. The van der Waals surface area contributed by atoms with Crippen LogP contribution in [0.15, 0.2) is 24.3 Å². The van der Waals surface area contributed by atoms with E-state index in [0.29, 0.717) is 18.1 Å². The molecule has 3 nitrogen and oxygen atoms in total. The lowest BCUT2D eigenvalue weighted by atomic mass is 10.1. The number of carbonyl (C=O) groups excluding carboxylic acids is 1. The smallest absolute Gasteiger partial charge is 0.224 e. The summed E-state index contributed by atoms with van der Waals surface area (Å²) < 4.78 is 11.9. The molecule has 1 rings (SSSR count). The highest BCUT2D eigenvalue weighted by molar-refractivity contribution is 7.85. The number of carbonyl (C=O) groups is 1. The van der Waals surface area contributed by atoms with Gasteiger partial charge in [0, 0.05) is 33.4 Å². The third-order valence-corrected chi connectivity index (χ3v) is 4.75. The van der Waals surface area contributed by atoms with Crippen LogP contribution in [0.5, 0.6) is 0 Å². The van der Waals surface area contributed by atoms with Gasteiger partial charge in [-0.15, -0.1) is 0 Å². The van der Waals surface area contributed by atoms with Crippen molar-refractivity contribution in [2.45, 2.75) is 51.5 Å². The molecule has 1 aromatic carbocycles. The summed E-state index contributed by atoms with van der Waals surface area (Å²) in [4.78, 5) is 11.7. The minimum absolute atomic E-state index is 0.0223. The van der Waals surface area contributed by atoms with E-state index in [9.17, 15) is 9.00 Å². The molecule has 0 radical (unpaired) electrons. The van der Waals surface area contributed by atoms with Crippen molar-refractivity contribution in [2.75, 3.05) is 5.32 Å². The summed E-state index contributed by atoms with van der Waals surface area (Å²) in [5, 5.41) is 2.89. The number of amides is 1. The molecule has 0 aliphatic carbocycles. The fraction of sp³-hybridized carbons (Fsp3) is 0.562. The Morgan fingerprint density at radius 1 is 1.30 bits per heavy atom. The molecule has 0 fully saturated rings. The monoisotopic (exact) mass is 295 g/mol. The highest BCUT2D eigenvalue weighted by atomic mass is 32.2. The van der Waals surface area contributed by atoms with Crippen LogP contribution in [0.1, 0.15) is 46.6 Å². The number of hydrogen-bond acceptors (Lipinski definition) is 2. The van der Waals surface area contributed by atoms with E-state index in [-0.39, 0.29) is 10.7 Å². The fourth-order valence-corrected chi connectivity index (χ4v) is 2.60. The average molecular weight is 295 g/mol. The Balaban J connectivity index is 2.71. The van der Waals surface area contributed by atoms with E-state index in [1.54, 1.807) is 0 Å². The van der Waals surface area contributed by atoms with Crippen LogP contribution in [0.25, 0.3) is 0 Å². The second kappa shape index (κ2) is 7.02. The van der Waals surface area contributed by atoms with Crippen LogP contribution in [0.4, 0.5) is 5.69 Å². The van der Waals surface area contributed by atoms with Crippen LogP contribution in [-0.2, 0) is 21.3 Å². The molecule has 0 unspecified atom stereocenters. The van der Waals surface area contributed by atoms with Gasteiger partial charge in [0.25, 0.3) is 0 Å². The Morgan fingerprint density at radius 3 is 2.50 bits per heavy atom. The maximum Gasteiger partial charge on any atom is 0.224 e. The summed E-state index contributed by atoms with van der Waals surface area (Å²) in [5.74, 6) is 0.873. The third kappa shape index (κ3) is 5.87. The van der Waals surface area contributed by atoms with Crippen molar-refractivity contribution in [3.63, 3.8) is 0 Å². The van der Waals surface area contributed by atoms with Crippen molar-refractivity contribution in [1.29, 1.82) is 0 Å². The van der Waals surface area contributed by atoms with Gasteiger partial charge in [-0.05, 0) is 44.4 Å². The zero-order valence-corrected chi connectivity index (χ0v) is 13.8. The predicted octanol–water partition coefficient (Wildman–Crippen LogP) is 3.72. The summed E-state index contributed by atoms with van der Waals surface area (Å²) >= 11 is 0. The van der Waals surface area contributed by atoms with Crippen LogP contribution in [0.2, 0.25) is 0 Å². The molecule has 0 aliphatic rings. The normalized spacial score (nSPS) is 13.3. The first-order chi connectivity index (χ1) is 9.18. The number of benzene rings is 1. The van der Waals surface area contributed by atoms with Gasteiger partial charge in [-0.1, -0.05) is 26.0 Å². The Morgan fingerprint density at radius 2 is 1.95 bits per heavy atom. The minimum Gasteiger partial charge on any atom is -0.326 e. The van der Waals surface area contributed by atoms with Gasteiger partial charge in [-0.25, -0.2) is 0 Å². The van der Waals surface area contributed by atoms with Crippen LogP contribution in [-0.4, -0.2) is 14.9 Å². The first-order valence-electron chi connectivity index (χ1n) is 6.96. The van der Waals surface area contributed by atoms with E-state index in [1.165, 1.54) is 0 Å². The Hall–Kier alpha value is -1.16. The SMILES string of the molecule is CC(C)CC(=O)Nc1cccc(C[S@](=O)C(C)(C)C)c1. The van der Waals surface area contributed by atoms with Gasteiger partial charge in [0.1, 0.15) is 0 Å². The first kappa shape index (κ1) is 16.9. The lowest BCUT2D eigenvalue weighted by molar-refractivity contribution is -0.116. The predicted molar refractivity (Wildman–Crippen MR) is 86.1 cm³/mol. The molecule has 0 aliphatic heterocycles. The molecule has 1 aromatic rings. The number of nitrogens with one attached hydrogen (secondary N) is 1. The summed E-state index contributed by atoms with van der Waals surface area (Å²) in [5.41, 5.74) is 1.76. The zero-order valence-electron chi connectivity index (χ0n) is 13.0. The van der Waals surface area contributed by atoms with Gasteiger partial charge in [0.15, 0.2) is 0 Å². The Labute approximate surface area is 124 Å². The molecule has 4 heteroatoms. The fourth-order valence-electron chi connectivity index (χ4n) is 1.69. The highest BCUT2D eigenvalue weighted by Gasteiger charge is 2.19. The van der Waals surface area contributed by atoms with Crippen molar-refractivity contribution in [1.82, 2.24) is 0 Å². The molecule has 0 aromatic heterocycles. The zero-order chi connectivity index (χ0) is 15.3. The van der Waals surface area contributed by atoms with Crippen molar-refractivity contribution in [3.8, 4) is 0 Å². The molecule has 112 valence electrons. The lowest BCUT2D eigenvalue weighted by Crippen LogP contribution is -2.23. The second-order valence-electron chi connectivity index (χ2n) is 6.45. The van der Waals surface area contributed by atoms with Crippen LogP contribution in [0.3, 0.4) is 0 Å². The molecule has 1 N–H and O–H groups in total. The van der Waals surface area contributed by atoms with Gasteiger partial charge in [0.05, 0.1) is 0 Å². The summed E-state index contributed by atoms with van der Waals surface area (Å²) in [6.07, 6.45) is 0.512. The van der Waals surface area contributed by atoms with Crippen LogP contribution >= 0.6 is 0 Å². The summed E-state index contributed by atoms with van der Waals surface area (Å²) in [6, 6.07) is 7.60. The van der Waals surface area contributed by atoms with Gasteiger partial charge in [-0.2, -0.15) is 0 Å². The molecule has 0 bridgehead atoms. The van der Waals surface area contributed by atoms with Crippen LogP contribution < -0.4 is 5.32 Å². The highest BCUT2D eigenvalue weighted by Crippen LogP contribution is 2.19. The van der Waals surface area contributed by atoms with Gasteiger partial charge < -0.3 is 5.32 Å². The molecule has 0 spiro atoms. The van der Waals surface area contributed by atoms with Crippen molar-refractivity contribution in [2.24, 2.45) is 5.92 Å².